The lowest BCUT2D eigenvalue weighted by Gasteiger charge is -1.96. The van der Waals surface area contributed by atoms with E-state index in [2.05, 4.69) is 88.1 Å². The number of terminal acetylenes is 1. The predicted molar refractivity (Wildman–Crippen MR) is 101 cm³/mol. The monoisotopic (exact) mass is 349 g/mol. The van der Waals surface area contributed by atoms with Crippen molar-refractivity contribution in [3.05, 3.63) is 24.3 Å². The first-order chi connectivity index (χ1) is 12.6. The van der Waals surface area contributed by atoms with E-state index in [0.29, 0.717) is 5.69 Å². The van der Waals surface area contributed by atoms with Gasteiger partial charge in [-0.25, -0.2) is 8.42 Å². The quantitative estimate of drug-likeness (QED) is 0.460. The average Bonchev–Trinajstić information content (AvgIpc) is 2.62. The van der Waals surface area contributed by atoms with Crippen molar-refractivity contribution in [2.75, 3.05) is 5.73 Å². The minimum absolute atomic E-state index is 0.0462. The third kappa shape index (κ3) is 8.18. The molecule has 1 aromatic carbocycles. The van der Waals surface area contributed by atoms with E-state index >= 15 is 0 Å². The van der Waals surface area contributed by atoms with Crippen LogP contribution >= 0.6 is 0 Å². The maximum Gasteiger partial charge on any atom is 0.246 e. The molecule has 0 amide bonds. The van der Waals surface area contributed by atoms with Crippen LogP contribution in [0.3, 0.4) is 0 Å². The lowest BCUT2D eigenvalue weighted by Crippen LogP contribution is -1.97. The summed E-state index contributed by atoms with van der Waals surface area (Å²) < 4.78 is 23.8. The van der Waals surface area contributed by atoms with Crippen molar-refractivity contribution in [2.24, 2.45) is 0 Å². The number of sulfone groups is 1. The summed E-state index contributed by atoms with van der Waals surface area (Å²) in [6.07, 6.45) is 4.90. The third-order valence-electron chi connectivity index (χ3n) is 2.20. The van der Waals surface area contributed by atoms with Gasteiger partial charge in [-0.3, -0.25) is 0 Å². The van der Waals surface area contributed by atoms with Gasteiger partial charge in [0.05, 0.1) is 4.90 Å². The maximum absolute atomic E-state index is 11.9. The predicted octanol–water partition coefficient (Wildman–Crippen LogP) is 0.657. The molecule has 26 heavy (non-hydrogen) atoms. The van der Waals surface area contributed by atoms with Crippen LogP contribution in [-0.2, 0) is 9.84 Å². The van der Waals surface area contributed by atoms with Crippen molar-refractivity contribution in [1.29, 1.82) is 0 Å². The SMILES string of the molecule is C#CC#CC#CC#CC#CC#CC#CC#CS(=O)(=O)c1ccc(N)cc1. The van der Waals surface area contributed by atoms with E-state index < -0.39 is 9.84 Å². The third-order valence-corrected chi connectivity index (χ3v) is 3.46. The molecule has 0 spiro atoms. The Morgan fingerprint density at radius 3 is 1.46 bits per heavy atom. The van der Waals surface area contributed by atoms with Gasteiger partial charge in [0.15, 0.2) is 0 Å². The molecule has 0 heterocycles. The van der Waals surface area contributed by atoms with E-state index in [1.54, 1.807) is 0 Å². The molecule has 3 nitrogen and oxygen atoms in total. The van der Waals surface area contributed by atoms with Crippen LogP contribution in [0, 0.1) is 94.6 Å². The molecule has 0 atom stereocenters. The zero-order valence-corrected chi connectivity index (χ0v) is 14.0. The Bertz CT molecular complexity index is 1280. The van der Waals surface area contributed by atoms with Crippen LogP contribution in [0.1, 0.15) is 0 Å². The van der Waals surface area contributed by atoms with Crippen LogP contribution in [-0.4, -0.2) is 8.42 Å². The summed E-state index contributed by atoms with van der Waals surface area (Å²) in [4.78, 5) is 0.0462. The van der Waals surface area contributed by atoms with Crippen molar-refractivity contribution < 1.29 is 8.42 Å². The Balaban J connectivity index is 2.67. The van der Waals surface area contributed by atoms with Crippen LogP contribution in [0.2, 0.25) is 0 Å². The van der Waals surface area contributed by atoms with Gasteiger partial charge in [-0.05, 0) is 95.3 Å². The zero-order valence-electron chi connectivity index (χ0n) is 13.2. The topological polar surface area (TPSA) is 60.2 Å². The van der Waals surface area contributed by atoms with E-state index in [9.17, 15) is 8.42 Å². The van der Waals surface area contributed by atoms with Gasteiger partial charge in [0.2, 0.25) is 9.84 Å². The molecule has 2 N–H and O–H groups in total. The first kappa shape index (κ1) is 19.5. The molecule has 1 rings (SSSR count). The number of benzene rings is 1. The van der Waals surface area contributed by atoms with E-state index in [4.69, 9.17) is 12.2 Å². The molecule has 1 aromatic rings. The molecule has 0 aromatic heterocycles. The highest BCUT2D eigenvalue weighted by atomic mass is 32.2. The lowest BCUT2D eigenvalue weighted by molar-refractivity contribution is 0.606. The fourth-order valence-electron chi connectivity index (χ4n) is 1.18. The second-order valence-corrected chi connectivity index (χ2v) is 5.63. The maximum atomic E-state index is 11.9. The number of nitrogens with two attached hydrogens (primary N) is 1. The Kier molecular flexibility index (Phi) is 8.29. The summed E-state index contributed by atoms with van der Waals surface area (Å²) in [5.74, 6) is 33.1. The van der Waals surface area contributed by atoms with Gasteiger partial charge in [0.1, 0.15) is 0 Å². The van der Waals surface area contributed by atoms with Crippen LogP contribution in [0.25, 0.3) is 0 Å². The molecular formula is C22H7NO2S. The number of hydrogen-bond donors (Lipinski definition) is 1. The van der Waals surface area contributed by atoms with E-state index in [-0.39, 0.29) is 4.90 Å². The first-order valence-corrected chi connectivity index (χ1v) is 8.12. The normalized spacial score (nSPS) is 7.04. The molecule has 118 valence electrons. The number of hydrogen-bond acceptors (Lipinski definition) is 3. The number of rotatable bonds is 1. The Labute approximate surface area is 153 Å². The molecule has 0 saturated carbocycles. The van der Waals surface area contributed by atoms with Crippen molar-refractivity contribution in [3.63, 3.8) is 0 Å². The molecule has 0 saturated heterocycles. The van der Waals surface area contributed by atoms with E-state index in [0.717, 1.165) is 0 Å². The van der Waals surface area contributed by atoms with Crippen molar-refractivity contribution in [1.82, 2.24) is 0 Å². The average molecular weight is 349 g/mol. The zero-order chi connectivity index (χ0) is 19.1. The molecule has 0 fully saturated rings. The standard InChI is InChI=1S/C22H7NO2S/c1-2-3-4-5-6-7-8-9-10-11-12-13-14-15-20-26(24,25)22-18-16-21(23)17-19-22/h1,16-19H,23H2. The molecule has 0 radical (unpaired) electrons. The minimum atomic E-state index is -3.74. The Morgan fingerprint density at radius 2 is 1.04 bits per heavy atom. The van der Waals surface area contributed by atoms with Gasteiger partial charge < -0.3 is 5.73 Å². The number of anilines is 1. The van der Waals surface area contributed by atoms with Gasteiger partial charge in [-0.1, -0.05) is 0 Å². The Morgan fingerprint density at radius 1 is 0.654 bits per heavy atom. The number of nitrogen functional groups attached to an aromatic ring is 1. The largest absolute Gasteiger partial charge is 0.399 e. The smallest absolute Gasteiger partial charge is 0.246 e. The van der Waals surface area contributed by atoms with Gasteiger partial charge >= 0.3 is 0 Å². The van der Waals surface area contributed by atoms with Gasteiger partial charge in [0, 0.05) is 22.8 Å². The highest BCUT2D eigenvalue weighted by molar-refractivity contribution is 7.96. The molecule has 0 unspecified atom stereocenters. The summed E-state index contributed by atoms with van der Waals surface area (Å²) in [6, 6.07) is 5.69. The first-order valence-electron chi connectivity index (χ1n) is 6.64. The van der Waals surface area contributed by atoms with Gasteiger partial charge in [-0.15, -0.1) is 6.42 Å². The van der Waals surface area contributed by atoms with Crippen LogP contribution in [0.5, 0.6) is 0 Å². The van der Waals surface area contributed by atoms with Crippen molar-refractivity contribution in [2.45, 2.75) is 4.90 Å². The summed E-state index contributed by atoms with van der Waals surface area (Å²) in [5.41, 5.74) is 5.96. The molecular weight excluding hydrogens is 342 g/mol. The fraction of sp³-hybridized carbons (Fsp3) is 0. The highest BCUT2D eigenvalue weighted by Gasteiger charge is 2.09. The molecule has 0 aliphatic heterocycles. The van der Waals surface area contributed by atoms with Crippen LogP contribution in [0.4, 0.5) is 5.69 Å². The van der Waals surface area contributed by atoms with Gasteiger partial charge in [-0.2, -0.15) is 0 Å². The molecule has 4 heteroatoms. The van der Waals surface area contributed by atoms with Crippen molar-refractivity contribution >= 4 is 15.5 Å². The summed E-state index contributed by atoms with van der Waals surface area (Å²) >= 11 is 0. The van der Waals surface area contributed by atoms with E-state index in [1.807, 2.05) is 0 Å². The minimum Gasteiger partial charge on any atom is -0.399 e. The Hall–Kier alpha value is -4.55. The second kappa shape index (κ2) is 11.1. The molecule has 0 aliphatic rings. The van der Waals surface area contributed by atoms with Crippen LogP contribution < -0.4 is 5.73 Å². The second-order valence-electron chi connectivity index (χ2n) is 3.94. The van der Waals surface area contributed by atoms with E-state index in [1.165, 1.54) is 24.3 Å². The fourth-order valence-corrected chi connectivity index (χ4v) is 1.98. The van der Waals surface area contributed by atoms with Gasteiger partial charge in [0.25, 0.3) is 0 Å². The summed E-state index contributed by atoms with van der Waals surface area (Å²) in [7, 11) is -3.74. The van der Waals surface area contributed by atoms with Crippen LogP contribution in [0.15, 0.2) is 29.2 Å². The molecule has 0 bridgehead atoms. The van der Waals surface area contributed by atoms with Crippen molar-refractivity contribution in [3.8, 4) is 94.6 Å². The summed E-state index contributed by atoms with van der Waals surface area (Å²) in [6.45, 7) is 0. The lowest BCUT2D eigenvalue weighted by atomic mass is 10.3. The summed E-state index contributed by atoms with van der Waals surface area (Å²) in [5, 5.41) is 2.08. The highest BCUT2D eigenvalue weighted by Crippen LogP contribution is 2.12. The molecule has 0 aliphatic carbocycles.